The van der Waals surface area contributed by atoms with Crippen molar-refractivity contribution in [2.75, 3.05) is 5.32 Å². The minimum absolute atomic E-state index is 0.180. The van der Waals surface area contributed by atoms with Crippen LogP contribution in [0.2, 0.25) is 5.02 Å². The van der Waals surface area contributed by atoms with Crippen LogP contribution >= 0.6 is 11.6 Å². The molecule has 1 aromatic heterocycles. The molecular formula is C23H14ClNO3. The van der Waals surface area contributed by atoms with Gasteiger partial charge in [-0.2, -0.15) is 0 Å². The second-order valence-corrected chi connectivity index (χ2v) is 7.09. The number of nitrogens with one attached hydrogen (secondary N) is 1. The number of rotatable bonds is 2. The van der Waals surface area contributed by atoms with Crippen molar-refractivity contribution in [2.45, 2.75) is 0 Å². The number of hydrogen-bond acceptors (Lipinski definition) is 3. The fraction of sp³-hybridized carbons (Fsp3) is 0. The van der Waals surface area contributed by atoms with Crippen molar-refractivity contribution in [3.63, 3.8) is 0 Å². The summed E-state index contributed by atoms with van der Waals surface area (Å²) in [6, 6.07) is 20.1. The quantitative estimate of drug-likeness (QED) is 0.418. The molecule has 28 heavy (non-hydrogen) atoms. The van der Waals surface area contributed by atoms with Crippen LogP contribution in [0.25, 0.3) is 33.7 Å². The number of phenolic OH excluding ortho intramolecular Hbond substituents is 1. The Hall–Kier alpha value is -3.50. The minimum Gasteiger partial charge on any atom is -0.508 e. The minimum atomic E-state index is -0.180. The van der Waals surface area contributed by atoms with E-state index in [2.05, 4.69) is 5.32 Å². The zero-order valence-electron chi connectivity index (χ0n) is 14.6. The SMILES string of the molecule is O=C1Nc2ccc(Cl)cc2/C1=C/c1ccc(-c2ccc3cc(O)ccc3c2)o1. The van der Waals surface area contributed by atoms with Gasteiger partial charge in [0.15, 0.2) is 0 Å². The molecule has 5 rings (SSSR count). The first-order valence-corrected chi connectivity index (χ1v) is 9.11. The van der Waals surface area contributed by atoms with Gasteiger partial charge in [0.2, 0.25) is 0 Å². The summed E-state index contributed by atoms with van der Waals surface area (Å²) in [6.07, 6.45) is 1.72. The highest BCUT2D eigenvalue weighted by Crippen LogP contribution is 2.36. The standard InChI is InChI=1S/C23H14ClNO3/c24-16-4-7-21-19(11-16)20(23(27)25-21)12-18-6-8-22(28-18)15-2-1-14-10-17(26)5-3-13(14)9-15/h1-12,26H,(H,25,27)/b20-12-. The number of carbonyl (C=O) groups excluding carboxylic acids is 1. The molecule has 0 radical (unpaired) electrons. The van der Waals surface area contributed by atoms with Crippen LogP contribution in [-0.2, 0) is 4.79 Å². The molecule has 2 N–H and O–H groups in total. The van der Waals surface area contributed by atoms with Gasteiger partial charge in [-0.05, 0) is 65.4 Å². The van der Waals surface area contributed by atoms with Crippen molar-refractivity contribution < 1.29 is 14.3 Å². The molecule has 4 nitrogen and oxygen atoms in total. The Bertz CT molecular complexity index is 1290. The Morgan fingerprint density at radius 3 is 2.64 bits per heavy atom. The van der Waals surface area contributed by atoms with E-state index in [0.717, 1.165) is 27.6 Å². The third kappa shape index (κ3) is 2.84. The average Bonchev–Trinajstić information content (AvgIpc) is 3.27. The first kappa shape index (κ1) is 16.7. The summed E-state index contributed by atoms with van der Waals surface area (Å²) in [6.45, 7) is 0. The van der Waals surface area contributed by atoms with Gasteiger partial charge in [0.05, 0.1) is 5.57 Å². The topological polar surface area (TPSA) is 62.5 Å². The Morgan fingerprint density at radius 2 is 1.75 bits per heavy atom. The highest BCUT2D eigenvalue weighted by Gasteiger charge is 2.24. The Kier molecular flexibility index (Phi) is 3.74. The van der Waals surface area contributed by atoms with Crippen LogP contribution in [0.4, 0.5) is 5.69 Å². The van der Waals surface area contributed by atoms with Gasteiger partial charge in [0.1, 0.15) is 17.3 Å². The van der Waals surface area contributed by atoms with Crippen LogP contribution < -0.4 is 5.32 Å². The molecule has 1 amide bonds. The van der Waals surface area contributed by atoms with Gasteiger partial charge in [0.25, 0.3) is 5.91 Å². The number of benzene rings is 3. The summed E-state index contributed by atoms with van der Waals surface area (Å²) >= 11 is 6.08. The molecule has 0 atom stereocenters. The third-order valence-electron chi connectivity index (χ3n) is 4.79. The first-order chi connectivity index (χ1) is 13.6. The molecule has 0 unspecified atom stereocenters. The monoisotopic (exact) mass is 387 g/mol. The van der Waals surface area contributed by atoms with Gasteiger partial charge < -0.3 is 14.8 Å². The van der Waals surface area contributed by atoms with E-state index in [-0.39, 0.29) is 11.7 Å². The lowest BCUT2D eigenvalue weighted by molar-refractivity contribution is -0.110. The van der Waals surface area contributed by atoms with Gasteiger partial charge in [-0.15, -0.1) is 0 Å². The van der Waals surface area contributed by atoms with Gasteiger partial charge in [-0.3, -0.25) is 4.79 Å². The van der Waals surface area contributed by atoms with E-state index in [1.54, 1.807) is 36.4 Å². The lowest BCUT2D eigenvalue weighted by Gasteiger charge is -2.02. The molecule has 0 fully saturated rings. The van der Waals surface area contributed by atoms with Crippen LogP contribution in [0, 0.1) is 0 Å². The molecule has 0 spiro atoms. The number of furan rings is 1. The number of hydrogen-bond donors (Lipinski definition) is 2. The summed E-state index contributed by atoms with van der Waals surface area (Å²) in [5.74, 6) is 1.34. The van der Waals surface area contributed by atoms with Crippen LogP contribution in [0.15, 0.2) is 71.1 Å². The van der Waals surface area contributed by atoms with Gasteiger partial charge in [0, 0.05) is 21.8 Å². The van der Waals surface area contributed by atoms with E-state index in [1.165, 1.54) is 0 Å². The molecule has 5 heteroatoms. The first-order valence-electron chi connectivity index (χ1n) is 8.73. The van der Waals surface area contributed by atoms with E-state index in [1.807, 2.05) is 36.4 Å². The highest BCUT2D eigenvalue weighted by molar-refractivity contribution is 6.36. The summed E-state index contributed by atoms with van der Waals surface area (Å²) < 4.78 is 5.96. The largest absolute Gasteiger partial charge is 0.508 e. The van der Waals surface area contributed by atoms with Crippen LogP contribution in [0.5, 0.6) is 5.75 Å². The van der Waals surface area contributed by atoms with Gasteiger partial charge >= 0.3 is 0 Å². The molecule has 0 saturated carbocycles. The number of anilines is 1. The van der Waals surface area contributed by atoms with Crippen molar-refractivity contribution in [3.8, 4) is 17.1 Å². The van der Waals surface area contributed by atoms with Crippen molar-refractivity contribution >= 4 is 45.6 Å². The number of fused-ring (bicyclic) bond motifs is 2. The molecule has 1 aliphatic heterocycles. The molecule has 0 bridgehead atoms. The molecule has 0 saturated heterocycles. The number of halogens is 1. The van der Waals surface area contributed by atoms with Crippen molar-refractivity contribution in [2.24, 2.45) is 0 Å². The summed E-state index contributed by atoms with van der Waals surface area (Å²) in [4.78, 5) is 12.3. The van der Waals surface area contributed by atoms with E-state index in [0.29, 0.717) is 22.1 Å². The van der Waals surface area contributed by atoms with Crippen LogP contribution in [-0.4, -0.2) is 11.0 Å². The van der Waals surface area contributed by atoms with E-state index >= 15 is 0 Å². The van der Waals surface area contributed by atoms with Crippen LogP contribution in [0.1, 0.15) is 11.3 Å². The second kappa shape index (κ2) is 6.29. The Morgan fingerprint density at radius 1 is 0.929 bits per heavy atom. The molecule has 4 aromatic rings. The zero-order chi connectivity index (χ0) is 19.3. The normalized spacial score (nSPS) is 14.5. The fourth-order valence-electron chi connectivity index (χ4n) is 3.42. The number of aromatic hydroxyl groups is 1. The maximum absolute atomic E-state index is 12.3. The zero-order valence-corrected chi connectivity index (χ0v) is 15.3. The molecule has 2 heterocycles. The van der Waals surface area contributed by atoms with Gasteiger partial charge in [-0.25, -0.2) is 0 Å². The Labute approximate surface area is 165 Å². The second-order valence-electron chi connectivity index (χ2n) is 6.65. The summed E-state index contributed by atoms with van der Waals surface area (Å²) in [5, 5.41) is 15.0. The predicted molar refractivity (Wildman–Crippen MR) is 111 cm³/mol. The maximum Gasteiger partial charge on any atom is 0.256 e. The number of phenols is 1. The maximum atomic E-state index is 12.3. The average molecular weight is 388 g/mol. The third-order valence-corrected chi connectivity index (χ3v) is 5.02. The Balaban J connectivity index is 1.52. The lowest BCUT2D eigenvalue weighted by atomic mass is 10.1. The van der Waals surface area contributed by atoms with E-state index in [4.69, 9.17) is 16.0 Å². The molecule has 3 aromatic carbocycles. The predicted octanol–water partition coefficient (Wildman–Crippen LogP) is 5.95. The number of carbonyl (C=O) groups is 1. The van der Waals surface area contributed by atoms with Gasteiger partial charge in [-0.1, -0.05) is 29.8 Å². The molecule has 136 valence electrons. The fourth-order valence-corrected chi connectivity index (χ4v) is 3.59. The lowest BCUT2D eigenvalue weighted by Crippen LogP contribution is -2.03. The number of amides is 1. The molecule has 0 aliphatic carbocycles. The summed E-state index contributed by atoms with van der Waals surface area (Å²) in [5.41, 5.74) is 2.95. The van der Waals surface area contributed by atoms with Crippen LogP contribution in [0.3, 0.4) is 0 Å². The van der Waals surface area contributed by atoms with Crippen molar-refractivity contribution in [1.82, 2.24) is 0 Å². The highest BCUT2D eigenvalue weighted by atomic mass is 35.5. The summed E-state index contributed by atoms with van der Waals surface area (Å²) in [7, 11) is 0. The molecule has 1 aliphatic rings. The smallest absolute Gasteiger partial charge is 0.256 e. The van der Waals surface area contributed by atoms with Crippen molar-refractivity contribution in [3.05, 3.63) is 83.1 Å². The molecular weight excluding hydrogens is 374 g/mol. The van der Waals surface area contributed by atoms with E-state index in [9.17, 15) is 9.90 Å². The van der Waals surface area contributed by atoms with Crippen molar-refractivity contribution in [1.29, 1.82) is 0 Å². The van der Waals surface area contributed by atoms with E-state index < -0.39 is 0 Å².